The van der Waals surface area contributed by atoms with Crippen molar-refractivity contribution >= 4 is 0 Å². The first kappa shape index (κ1) is 12.7. The zero-order valence-electron chi connectivity index (χ0n) is 8.64. The van der Waals surface area contributed by atoms with E-state index < -0.39 is 6.36 Å². The predicted octanol–water partition coefficient (Wildman–Crippen LogP) is 1.68. The Kier molecular flexibility index (Phi) is 4.82. The van der Waals surface area contributed by atoms with Gasteiger partial charge in [-0.25, -0.2) is 0 Å². The number of hydrogen-bond acceptors (Lipinski definition) is 3. The summed E-state index contributed by atoms with van der Waals surface area (Å²) in [6, 6.07) is 0.241. The Morgan fingerprint density at radius 3 is 2.80 bits per heavy atom. The summed E-state index contributed by atoms with van der Waals surface area (Å²) in [5.74, 6) is 0. The maximum atomic E-state index is 11.6. The molecule has 2 atom stereocenters. The maximum Gasteiger partial charge on any atom is 0.522 e. The van der Waals surface area contributed by atoms with Crippen LogP contribution >= 0.6 is 0 Å². The van der Waals surface area contributed by atoms with E-state index in [1.54, 1.807) is 0 Å². The average molecular weight is 227 g/mol. The van der Waals surface area contributed by atoms with Gasteiger partial charge in [0.2, 0.25) is 0 Å². The van der Waals surface area contributed by atoms with Gasteiger partial charge in [0.25, 0.3) is 0 Å². The van der Waals surface area contributed by atoms with E-state index in [2.05, 4.69) is 10.1 Å². The molecular formula is C9H16F3NO2. The fourth-order valence-electron chi connectivity index (χ4n) is 1.61. The number of ether oxygens (including phenoxy) is 2. The Bertz CT molecular complexity index is 187. The van der Waals surface area contributed by atoms with Crippen molar-refractivity contribution < 1.29 is 22.6 Å². The van der Waals surface area contributed by atoms with Gasteiger partial charge in [-0.1, -0.05) is 0 Å². The summed E-state index contributed by atoms with van der Waals surface area (Å²) in [4.78, 5) is 0. The molecule has 2 unspecified atom stereocenters. The third kappa shape index (κ3) is 5.96. The van der Waals surface area contributed by atoms with Crippen molar-refractivity contribution in [2.75, 3.05) is 19.8 Å². The molecule has 0 saturated carbocycles. The minimum Gasteiger partial charge on any atom is -0.378 e. The predicted molar refractivity (Wildman–Crippen MR) is 48.4 cm³/mol. The maximum absolute atomic E-state index is 11.6. The molecule has 0 radical (unpaired) electrons. The van der Waals surface area contributed by atoms with Gasteiger partial charge in [0, 0.05) is 19.2 Å². The summed E-state index contributed by atoms with van der Waals surface area (Å²) < 4.78 is 43.8. The molecule has 15 heavy (non-hydrogen) atoms. The minimum atomic E-state index is -4.52. The largest absolute Gasteiger partial charge is 0.522 e. The SMILES string of the molecule is CC1CC(NCCOC(F)(F)F)CCO1. The molecule has 1 N–H and O–H groups in total. The molecule has 1 aliphatic rings. The van der Waals surface area contributed by atoms with Crippen molar-refractivity contribution in [3.8, 4) is 0 Å². The molecule has 0 spiro atoms. The topological polar surface area (TPSA) is 30.5 Å². The normalized spacial score (nSPS) is 28.0. The number of rotatable bonds is 4. The monoisotopic (exact) mass is 227 g/mol. The van der Waals surface area contributed by atoms with E-state index in [9.17, 15) is 13.2 Å². The van der Waals surface area contributed by atoms with Gasteiger partial charge in [0.1, 0.15) is 0 Å². The Labute approximate surface area is 86.9 Å². The van der Waals surface area contributed by atoms with Crippen LogP contribution in [0.4, 0.5) is 13.2 Å². The quantitative estimate of drug-likeness (QED) is 0.741. The molecule has 1 heterocycles. The van der Waals surface area contributed by atoms with Crippen LogP contribution in [0.15, 0.2) is 0 Å². The average Bonchev–Trinajstić information content (AvgIpc) is 2.11. The molecule has 0 aromatic carbocycles. The third-order valence-corrected chi connectivity index (χ3v) is 2.29. The van der Waals surface area contributed by atoms with Crippen LogP contribution < -0.4 is 5.32 Å². The van der Waals surface area contributed by atoms with Crippen LogP contribution in [-0.2, 0) is 9.47 Å². The molecular weight excluding hydrogens is 211 g/mol. The lowest BCUT2D eigenvalue weighted by Crippen LogP contribution is -2.39. The van der Waals surface area contributed by atoms with Gasteiger partial charge < -0.3 is 10.1 Å². The van der Waals surface area contributed by atoms with E-state index in [0.29, 0.717) is 6.61 Å². The van der Waals surface area contributed by atoms with Crippen molar-refractivity contribution in [1.82, 2.24) is 5.32 Å². The second-order valence-corrected chi connectivity index (χ2v) is 3.65. The summed E-state index contributed by atoms with van der Waals surface area (Å²) >= 11 is 0. The highest BCUT2D eigenvalue weighted by Gasteiger charge is 2.28. The van der Waals surface area contributed by atoms with Crippen LogP contribution in [0.2, 0.25) is 0 Å². The van der Waals surface area contributed by atoms with Gasteiger partial charge in [0.15, 0.2) is 0 Å². The van der Waals surface area contributed by atoms with Crippen LogP contribution in [0, 0.1) is 0 Å². The highest BCUT2D eigenvalue weighted by Crippen LogP contribution is 2.16. The van der Waals surface area contributed by atoms with Gasteiger partial charge in [-0.15, -0.1) is 13.2 Å². The fraction of sp³-hybridized carbons (Fsp3) is 1.00. The first-order valence-electron chi connectivity index (χ1n) is 5.03. The van der Waals surface area contributed by atoms with Gasteiger partial charge in [-0.05, 0) is 19.8 Å². The van der Waals surface area contributed by atoms with Crippen LogP contribution in [0.3, 0.4) is 0 Å². The fourth-order valence-corrected chi connectivity index (χ4v) is 1.61. The molecule has 1 aliphatic heterocycles. The van der Waals surface area contributed by atoms with E-state index >= 15 is 0 Å². The molecule has 6 heteroatoms. The second kappa shape index (κ2) is 5.67. The van der Waals surface area contributed by atoms with E-state index in [1.165, 1.54) is 0 Å². The van der Waals surface area contributed by atoms with Crippen LogP contribution in [-0.4, -0.2) is 38.3 Å². The van der Waals surface area contributed by atoms with E-state index in [0.717, 1.165) is 12.8 Å². The van der Waals surface area contributed by atoms with Crippen LogP contribution in [0.25, 0.3) is 0 Å². The molecule has 1 saturated heterocycles. The van der Waals surface area contributed by atoms with Crippen molar-refractivity contribution in [1.29, 1.82) is 0 Å². The lowest BCUT2D eigenvalue weighted by atomic mass is 10.0. The van der Waals surface area contributed by atoms with Crippen molar-refractivity contribution in [2.24, 2.45) is 0 Å². The molecule has 0 aliphatic carbocycles. The lowest BCUT2D eigenvalue weighted by Gasteiger charge is -2.28. The molecule has 0 bridgehead atoms. The van der Waals surface area contributed by atoms with Gasteiger partial charge in [-0.3, -0.25) is 4.74 Å². The Balaban J connectivity index is 2.04. The Hall–Kier alpha value is -0.330. The summed E-state index contributed by atoms with van der Waals surface area (Å²) in [6.07, 6.45) is -2.66. The number of hydrogen-bond donors (Lipinski definition) is 1. The van der Waals surface area contributed by atoms with Crippen molar-refractivity contribution in [3.63, 3.8) is 0 Å². The molecule has 3 nitrogen and oxygen atoms in total. The zero-order chi connectivity index (χ0) is 11.3. The van der Waals surface area contributed by atoms with Gasteiger partial charge >= 0.3 is 6.36 Å². The zero-order valence-corrected chi connectivity index (χ0v) is 8.64. The van der Waals surface area contributed by atoms with Crippen molar-refractivity contribution in [2.45, 2.75) is 38.3 Å². The lowest BCUT2D eigenvalue weighted by molar-refractivity contribution is -0.323. The molecule has 1 fully saturated rings. The summed E-state index contributed by atoms with van der Waals surface area (Å²) in [6.45, 7) is 2.51. The second-order valence-electron chi connectivity index (χ2n) is 3.65. The highest BCUT2D eigenvalue weighted by molar-refractivity contribution is 4.74. The first-order valence-corrected chi connectivity index (χ1v) is 5.03. The minimum absolute atomic E-state index is 0.180. The molecule has 1 rings (SSSR count). The van der Waals surface area contributed by atoms with Crippen molar-refractivity contribution in [3.05, 3.63) is 0 Å². The Morgan fingerprint density at radius 2 is 2.20 bits per heavy atom. The molecule has 0 aromatic rings. The number of halogens is 3. The molecule has 0 amide bonds. The van der Waals surface area contributed by atoms with Gasteiger partial charge in [-0.2, -0.15) is 0 Å². The first-order chi connectivity index (χ1) is 6.97. The summed E-state index contributed by atoms with van der Waals surface area (Å²) in [7, 11) is 0. The van der Waals surface area contributed by atoms with E-state index in [-0.39, 0.29) is 25.3 Å². The molecule has 0 aromatic heterocycles. The standard InChI is InChI=1S/C9H16F3NO2/c1-7-6-8(2-4-14-7)13-3-5-15-9(10,11)12/h7-8,13H,2-6H2,1H3. The highest BCUT2D eigenvalue weighted by atomic mass is 19.4. The molecule has 90 valence electrons. The van der Waals surface area contributed by atoms with E-state index in [1.807, 2.05) is 6.92 Å². The third-order valence-electron chi connectivity index (χ3n) is 2.29. The van der Waals surface area contributed by atoms with Gasteiger partial charge in [0.05, 0.1) is 12.7 Å². The van der Waals surface area contributed by atoms with Crippen LogP contribution in [0.1, 0.15) is 19.8 Å². The van der Waals surface area contributed by atoms with Crippen LogP contribution in [0.5, 0.6) is 0 Å². The smallest absolute Gasteiger partial charge is 0.378 e. The van der Waals surface area contributed by atoms with E-state index in [4.69, 9.17) is 4.74 Å². The number of alkyl halides is 3. The Morgan fingerprint density at radius 1 is 1.47 bits per heavy atom. The summed E-state index contributed by atoms with van der Waals surface area (Å²) in [5, 5.41) is 3.02. The number of nitrogens with one attached hydrogen (secondary N) is 1. The summed E-state index contributed by atoms with van der Waals surface area (Å²) in [5.41, 5.74) is 0.